The Morgan fingerprint density at radius 1 is 1.54 bits per heavy atom. The Hall–Kier alpha value is -0.250. The number of hydrogen-bond acceptors (Lipinski definition) is 2. The van der Waals surface area contributed by atoms with Crippen molar-refractivity contribution < 1.29 is 9.84 Å². The van der Waals surface area contributed by atoms with Crippen LogP contribution in [0.2, 0.25) is 5.02 Å². The molecule has 0 aromatic heterocycles. The second-order valence-electron chi connectivity index (χ2n) is 2.55. The largest absolute Gasteiger partial charge is 0.496 e. The van der Waals surface area contributed by atoms with Crippen molar-refractivity contribution >= 4 is 27.5 Å². The molecule has 0 aliphatic rings. The number of hydrogen-bond donors (Lipinski definition) is 1. The quantitative estimate of drug-likeness (QED) is 0.910. The zero-order valence-electron chi connectivity index (χ0n) is 7.18. The van der Waals surface area contributed by atoms with E-state index in [1.54, 1.807) is 13.2 Å². The molecule has 1 aromatic rings. The summed E-state index contributed by atoms with van der Waals surface area (Å²) in [6.07, 6.45) is 0.557. The number of methoxy groups -OCH3 is 1. The van der Waals surface area contributed by atoms with Crippen LogP contribution in [-0.2, 0) is 6.42 Å². The van der Waals surface area contributed by atoms with Gasteiger partial charge in [0.05, 0.1) is 11.6 Å². The van der Waals surface area contributed by atoms with Crippen molar-refractivity contribution in [3.63, 3.8) is 0 Å². The first-order valence-corrected chi connectivity index (χ1v) is 4.99. The van der Waals surface area contributed by atoms with Gasteiger partial charge in [0.15, 0.2) is 0 Å². The summed E-state index contributed by atoms with van der Waals surface area (Å²) >= 11 is 9.29. The summed E-state index contributed by atoms with van der Waals surface area (Å²) in [4.78, 5) is 0. The Bertz CT molecular complexity index is 302. The topological polar surface area (TPSA) is 29.5 Å². The third-order valence-corrected chi connectivity index (χ3v) is 2.67. The van der Waals surface area contributed by atoms with E-state index >= 15 is 0 Å². The standard InChI is InChI=1S/C9H10BrClO2/c1-13-9-5-8(11)6(2-3-12)4-7(9)10/h4-5,12H,2-3H2,1H3. The van der Waals surface area contributed by atoms with E-state index in [2.05, 4.69) is 15.9 Å². The molecule has 1 N–H and O–H groups in total. The van der Waals surface area contributed by atoms with Crippen molar-refractivity contribution in [3.8, 4) is 5.75 Å². The van der Waals surface area contributed by atoms with Gasteiger partial charge in [-0.2, -0.15) is 0 Å². The normalized spacial score (nSPS) is 10.2. The molecule has 0 radical (unpaired) electrons. The van der Waals surface area contributed by atoms with Crippen LogP contribution in [0.1, 0.15) is 5.56 Å². The Morgan fingerprint density at radius 2 is 2.23 bits per heavy atom. The van der Waals surface area contributed by atoms with Crippen LogP contribution in [0, 0.1) is 0 Å². The predicted molar refractivity (Wildman–Crippen MR) is 56.5 cm³/mol. The van der Waals surface area contributed by atoms with Crippen LogP contribution in [-0.4, -0.2) is 18.8 Å². The highest BCUT2D eigenvalue weighted by atomic mass is 79.9. The Labute approximate surface area is 90.6 Å². The molecule has 4 heteroatoms. The summed E-state index contributed by atoms with van der Waals surface area (Å²) in [7, 11) is 1.59. The van der Waals surface area contributed by atoms with Gasteiger partial charge in [0.1, 0.15) is 5.75 Å². The maximum Gasteiger partial charge on any atom is 0.134 e. The molecule has 0 saturated heterocycles. The maximum atomic E-state index is 8.76. The third-order valence-electron chi connectivity index (χ3n) is 1.70. The van der Waals surface area contributed by atoms with Crippen molar-refractivity contribution in [1.82, 2.24) is 0 Å². The lowest BCUT2D eigenvalue weighted by Gasteiger charge is -2.07. The minimum atomic E-state index is 0.0957. The van der Waals surface area contributed by atoms with Crippen LogP contribution in [0.5, 0.6) is 5.75 Å². The van der Waals surface area contributed by atoms with Gasteiger partial charge in [0.2, 0.25) is 0 Å². The second kappa shape index (κ2) is 4.84. The fourth-order valence-electron chi connectivity index (χ4n) is 1.04. The number of rotatable bonds is 3. The molecule has 13 heavy (non-hydrogen) atoms. The van der Waals surface area contributed by atoms with Gasteiger partial charge < -0.3 is 9.84 Å². The molecule has 1 rings (SSSR count). The highest BCUT2D eigenvalue weighted by molar-refractivity contribution is 9.10. The lowest BCUT2D eigenvalue weighted by atomic mass is 10.1. The summed E-state index contributed by atoms with van der Waals surface area (Å²) in [5, 5.41) is 9.38. The second-order valence-corrected chi connectivity index (χ2v) is 3.81. The SMILES string of the molecule is COc1cc(Cl)c(CCO)cc1Br. The van der Waals surface area contributed by atoms with Crippen molar-refractivity contribution in [2.24, 2.45) is 0 Å². The zero-order chi connectivity index (χ0) is 9.84. The summed E-state index contributed by atoms with van der Waals surface area (Å²) in [5.74, 6) is 0.701. The molecule has 0 aliphatic heterocycles. The lowest BCUT2D eigenvalue weighted by molar-refractivity contribution is 0.299. The van der Waals surface area contributed by atoms with E-state index in [1.165, 1.54) is 0 Å². The summed E-state index contributed by atoms with van der Waals surface area (Å²) in [5.41, 5.74) is 0.914. The van der Waals surface area contributed by atoms with Gasteiger partial charge >= 0.3 is 0 Å². The molecule has 2 nitrogen and oxygen atoms in total. The van der Waals surface area contributed by atoms with E-state index in [9.17, 15) is 0 Å². The average molecular weight is 266 g/mol. The van der Waals surface area contributed by atoms with Gasteiger partial charge in [-0.05, 0) is 34.0 Å². The van der Waals surface area contributed by atoms with E-state index < -0.39 is 0 Å². The molecule has 0 unspecified atom stereocenters. The van der Waals surface area contributed by atoms with E-state index in [4.69, 9.17) is 21.4 Å². The van der Waals surface area contributed by atoms with Gasteiger partial charge in [-0.25, -0.2) is 0 Å². The molecule has 0 atom stereocenters. The number of aliphatic hydroxyl groups is 1. The Morgan fingerprint density at radius 3 is 2.77 bits per heavy atom. The molecular weight excluding hydrogens is 255 g/mol. The summed E-state index contributed by atoms with van der Waals surface area (Å²) in [6.45, 7) is 0.0957. The molecule has 0 spiro atoms. The van der Waals surface area contributed by atoms with Crippen molar-refractivity contribution in [1.29, 1.82) is 0 Å². The zero-order valence-corrected chi connectivity index (χ0v) is 9.52. The highest BCUT2D eigenvalue weighted by Crippen LogP contribution is 2.31. The van der Waals surface area contributed by atoms with Crippen LogP contribution < -0.4 is 4.74 Å². The van der Waals surface area contributed by atoms with Gasteiger partial charge in [-0.3, -0.25) is 0 Å². The average Bonchev–Trinajstić information content (AvgIpc) is 2.11. The monoisotopic (exact) mass is 264 g/mol. The molecule has 0 aliphatic carbocycles. The number of benzene rings is 1. The van der Waals surface area contributed by atoms with Crippen LogP contribution in [0.4, 0.5) is 0 Å². The van der Waals surface area contributed by atoms with Crippen molar-refractivity contribution in [3.05, 3.63) is 27.2 Å². The van der Waals surface area contributed by atoms with Crippen molar-refractivity contribution in [2.45, 2.75) is 6.42 Å². The van der Waals surface area contributed by atoms with Gasteiger partial charge in [0, 0.05) is 17.7 Å². The van der Waals surface area contributed by atoms with Crippen LogP contribution in [0.25, 0.3) is 0 Å². The van der Waals surface area contributed by atoms with Gasteiger partial charge in [0.25, 0.3) is 0 Å². The Kier molecular flexibility index (Phi) is 4.03. The maximum absolute atomic E-state index is 8.76. The fourth-order valence-corrected chi connectivity index (χ4v) is 1.84. The van der Waals surface area contributed by atoms with Gasteiger partial charge in [-0.1, -0.05) is 11.6 Å². The minimum Gasteiger partial charge on any atom is -0.496 e. The number of halogens is 2. The van der Waals surface area contributed by atoms with Gasteiger partial charge in [-0.15, -0.1) is 0 Å². The van der Waals surface area contributed by atoms with Crippen LogP contribution >= 0.6 is 27.5 Å². The highest BCUT2D eigenvalue weighted by Gasteiger charge is 2.06. The molecule has 72 valence electrons. The summed E-state index contributed by atoms with van der Waals surface area (Å²) in [6, 6.07) is 3.59. The predicted octanol–water partition coefficient (Wildman–Crippen LogP) is 2.65. The minimum absolute atomic E-state index is 0.0957. The molecule has 0 heterocycles. The van der Waals surface area contributed by atoms with Crippen LogP contribution in [0.3, 0.4) is 0 Å². The number of ether oxygens (including phenoxy) is 1. The first-order valence-electron chi connectivity index (χ1n) is 3.81. The first-order chi connectivity index (χ1) is 6.19. The van der Waals surface area contributed by atoms with E-state index in [1.807, 2.05) is 6.07 Å². The van der Waals surface area contributed by atoms with E-state index in [0.717, 1.165) is 10.0 Å². The third kappa shape index (κ3) is 2.59. The smallest absolute Gasteiger partial charge is 0.134 e. The van der Waals surface area contributed by atoms with Crippen molar-refractivity contribution in [2.75, 3.05) is 13.7 Å². The molecule has 0 saturated carbocycles. The van der Waals surface area contributed by atoms with Crippen LogP contribution in [0.15, 0.2) is 16.6 Å². The first kappa shape index (κ1) is 10.8. The fraction of sp³-hybridized carbons (Fsp3) is 0.333. The van der Waals surface area contributed by atoms with E-state index in [-0.39, 0.29) is 6.61 Å². The number of aliphatic hydroxyl groups excluding tert-OH is 1. The lowest BCUT2D eigenvalue weighted by Crippen LogP contribution is -1.93. The van der Waals surface area contributed by atoms with E-state index in [0.29, 0.717) is 17.2 Å². The summed E-state index contributed by atoms with van der Waals surface area (Å²) < 4.78 is 5.91. The molecule has 0 fully saturated rings. The molecular formula is C9H10BrClO2. The molecule has 0 bridgehead atoms. The molecule has 1 aromatic carbocycles. The molecule has 0 amide bonds. The Balaban J connectivity index is 3.05.